The zero-order valence-electron chi connectivity index (χ0n) is 13.0. The Morgan fingerprint density at radius 1 is 1.52 bits per heavy atom. The van der Waals surface area contributed by atoms with Crippen molar-refractivity contribution in [1.82, 2.24) is 20.2 Å². The lowest BCUT2D eigenvalue weighted by atomic mass is 10.0. The minimum absolute atomic E-state index is 0.231. The minimum Gasteiger partial charge on any atom is -0.390 e. The van der Waals surface area contributed by atoms with Crippen LogP contribution in [0.15, 0.2) is 29.1 Å². The molecule has 0 aromatic carbocycles. The van der Waals surface area contributed by atoms with Gasteiger partial charge in [0, 0.05) is 30.7 Å². The lowest BCUT2D eigenvalue weighted by Crippen LogP contribution is -2.53. The van der Waals surface area contributed by atoms with E-state index >= 15 is 0 Å². The second-order valence-electron chi connectivity index (χ2n) is 5.82. The number of carbonyl (C=O) groups is 1. The standard InChI is InChI=1S/C16H20N4O2S/c1-11-3-2-4-14(18-11)16(22)19-13-5-6-20(8-15(13)21)7-12-9-23-10-17-12/h2-4,9-10,13,15,21H,5-8H2,1H3,(H,19,22)/t13-,15-/m1/s1. The summed E-state index contributed by atoms with van der Waals surface area (Å²) in [4.78, 5) is 22.9. The molecule has 0 saturated carbocycles. The number of rotatable bonds is 4. The molecule has 2 atom stereocenters. The summed E-state index contributed by atoms with van der Waals surface area (Å²) < 4.78 is 0. The third kappa shape index (κ3) is 4.13. The van der Waals surface area contributed by atoms with Gasteiger partial charge in [-0.1, -0.05) is 6.07 Å². The molecule has 0 radical (unpaired) electrons. The van der Waals surface area contributed by atoms with Crippen molar-refractivity contribution < 1.29 is 9.90 Å². The van der Waals surface area contributed by atoms with Gasteiger partial charge in [0.25, 0.3) is 5.91 Å². The number of piperidine rings is 1. The highest BCUT2D eigenvalue weighted by atomic mass is 32.1. The van der Waals surface area contributed by atoms with Crippen LogP contribution >= 0.6 is 11.3 Å². The number of aryl methyl sites for hydroxylation is 1. The molecule has 1 amide bonds. The van der Waals surface area contributed by atoms with Gasteiger partial charge >= 0.3 is 0 Å². The van der Waals surface area contributed by atoms with Crippen molar-refractivity contribution in [3.05, 3.63) is 46.2 Å². The number of amides is 1. The highest BCUT2D eigenvalue weighted by Crippen LogP contribution is 2.15. The Hall–Kier alpha value is -1.83. The first-order valence-electron chi connectivity index (χ1n) is 7.64. The summed E-state index contributed by atoms with van der Waals surface area (Å²) in [6, 6.07) is 5.11. The quantitative estimate of drug-likeness (QED) is 0.880. The molecule has 6 nitrogen and oxygen atoms in total. The molecule has 1 saturated heterocycles. The third-order valence-corrected chi connectivity index (χ3v) is 4.61. The summed E-state index contributed by atoms with van der Waals surface area (Å²) in [5, 5.41) is 15.2. The van der Waals surface area contributed by atoms with E-state index < -0.39 is 6.10 Å². The van der Waals surface area contributed by atoms with Gasteiger partial charge in [-0.05, 0) is 25.5 Å². The molecule has 0 bridgehead atoms. The molecule has 3 heterocycles. The smallest absolute Gasteiger partial charge is 0.270 e. The summed E-state index contributed by atoms with van der Waals surface area (Å²) in [6.45, 7) is 3.94. The van der Waals surface area contributed by atoms with Crippen LogP contribution in [0.2, 0.25) is 0 Å². The Balaban J connectivity index is 1.55. The van der Waals surface area contributed by atoms with Crippen LogP contribution in [-0.2, 0) is 6.54 Å². The van der Waals surface area contributed by atoms with E-state index in [1.54, 1.807) is 17.4 Å². The number of pyridine rings is 1. The minimum atomic E-state index is -0.587. The summed E-state index contributed by atoms with van der Waals surface area (Å²) in [6.07, 6.45) is 0.124. The SMILES string of the molecule is Cc1cccc(C(=O)N[C@@H]2CCN(Cc3cscn3)C[C@H]2O)n1. The van der Waals surface area contributed by atoms with Gasteiger partial charge in [0.2, 0.25) is 0 Å². The highest BCUT2D eigenvalue weighted by Gasteiger charge is 2.29. The normalized spacial score (nSPS) is 22.0. The van der Waals surface area contributed by atoms with Crippen LogP contribution < -0.4 is 5.32 Å². The molecule has 23 heavy (non-hydrogen) atoms. The van der Waals surface area contributed by atoms with E-state index in [1.165, 1.54) is 0 Å². The summed E-state index contributed by atoms with van der Waals surface area (Å²) >= 11 is 1.57. The second-order valence-corrected chi connectivity index (χ2v) is 6.53. The maximum absolute atomic E-state index is 12.2. The number of carbonyl (C=O) groups excluding carboxylic acids is 1. The van der Waals surface area contributed by atoms with Crippen molar-refractivity contribution in [2.24, 2.45) is 0 Å². The Morgan fingerprint density at radius 3 is 3.09 bits per heavy atom. The molecule has 122 valence electrons. The number of thiazole rings is 1. The number of aliphatic hydroxyl groups is 1. The number of aliphatic hydroxyl groups excluding tert-OH is 1. The topological polar surface area (TPSA) is 78.4 Å². The van der Waals surface area contributed by atoms with Gasteiger partial charge in [-0.25, -0.2) is 9.97 Å². The van der Waals surface area contributed by atoms with Gasteiger partial charge in [-0.3, -0.25) is 9.69 Å². The van der Waals surface area contributed by atoms with Gasteiger partial charge in [0.15, 0.2) is 0 Å². The Kier molecular flexibility index (Phi) is 5.00. The Morgan fingerprint density at radius 2 is 2.39 bits per heavy atom. The van der Waals surface area contributed by atoms with Gasteiger partial charge < -0.3 is 10.4 Å². The number of hydrogen-bond donors (Lipinski definition) is 2. The third-order valence-electron chi connectivity index (χ3n) is 3.97. The van der Waals surface area contributed by atoms with Crippen LogP contribution in [0.5, 0.6) is 0 Å². The van der Waals surface area contributed by atoms with Crippen LogP contribution in [0.4, 0.5) is 0 Å². The number of β-amino-alcohol motifs (C(OH)–C–C–N with tert-alkyl or cyclic N) is 1. The summed E-state index contributed by atoms with van der Waals surface area (Å²) in [7, 11) is 0. The van der Waals surface area contributed by atoms with Crippen molar-refractivity contribution in [1.29, 1.82) is 0 Å². The van der Waals surface area contributed by atoms with E-state index in [0.29, 0.717) is 18.7 Å². The lowest BCUT2D eigenvalue weighted by Gasteiger charge is -2.35. The molecule has 2 aromatic rings. The van der Waals surface area contributed by atoms with Crippen LogP contribution in [0, 0.1) is 6.92 Å². The van der Waals surface area contributed by atoms with E-state index in [9.17, 15) is 9.90 Å². The molecule has 0 spiro atoms. The van der Waals surface area contributed by atoms with Crippen LogP contribution in [0.25, 0.3) is 0 Å². The van der Waals surface area contributed by atoms with Crippen LogP contribution in [-0.4, -0.2) is 51.1 Å². The van der Waals surface area contributed by atoms with E-state index in [4.69, 9.17) is 0 Å². The fraction of sp³-hybridized carbons (Fsp3) is 0.438. The molecular formula is C16H20N4O2S. The number of likely N-dealkylation sites (tertiary alicyclic amines) is 1. The average molecular weight is 332 g/mol. The first-order valence-corrected chi connectivity index (χ1v) is 8.58. The van der Waals surface area contributed by atoms with Gasteiger partial charge in [0.1, 0.15) is 5.69 Å². The predicted molar refractivity (Wildman–Crippen MR) is 88.2 cm³/mol. The molecule has 0 aliphatic carbocycles. The summed E-state index contributed by atoms with van der Waals surface area (Å²) in [5.41, 5.74) is 4.03. The Bertz CT molecular complexity index is 662. The predicted octanol–water partition coefficient (Wildman–Crippen LogP) is 1.21. The fourth-order valence-corrected chi connectivity index (χ4v) is 3.32. The molecule has 1 aliphatic rings. The van der Waals surface area contributed by atoms with E-state index in [2.05, 4.69) is 20.2 Å². The molecule has 1 aliphatic heterocycles. The first-order chi connectivity index (χ1) is 11.1. The number of nitrogens with zero attached hydrogens (tertiary/aromatic N) is 3. The lowest BCUT2D eigenvalue weighted by molar-refractivity contribution is 0.0344. The van der Waals surface area contributed by atoms with E-state index in [1.807, 2.05) is 29.9 Å². The maximum atomic E-state index is 12.2. The zero-order valence-corrected chi connectivity index (χ0v) is 13.8. The zero-order chi connectivity index (χ0) is 16.2. The molecular weight excluding hydrogens is 312 g/mol. The van der Waals surface area contributed by atoms with Gasteiger partial charge in [0.05, 0.1) is 23.4 Å². The number of aromatic nitrogens is 2. The molecule has 0 unspecified atom stereocenters. The molecule has 3 rings (SSSR count). The van der Waals surface area contributed by atoms with Crippen LogP contribution in [0.3, 0.4) is 0 Å². The van der Waals surface area contributed by atoms with Crippen molar-refractivity contribution in [2.45, 2.75) is 32.0 Å². The monoisotopic (exact) mass is 332 g/mol. The fourth-order valence-electron chi connectivity index (χ4n) is 2.77. The highest BCUT2D eigenvalue weighted by molar-refractivity contribution is 7.07. The summed E-state index contributed by atoms with van der Waals surface area (Å²) in [5.74, 6) is -0.231. The first kappa shape index (κ1) is 16.0. The number of hydrogen-bond acceptors (Lipinski definition) is 6. The largest absolute Gasteiger partial charge is 0.390 e. The molecule has 2 N–H and O–H groups in total. The second kappa shape index (κ2) is 7.16. The van der Waals surface area contributed by atoms with Crippen molar-refractivity contribution in [3.8, 4) is 0 Å². The van der Waals surface area contributed by atoms with Crippen LogP contribution in [0.1, 0.15) is 28.3 Å². The van der Waals surface area contributed by atoms with Crippen molar-refractivity contribution in [2.75, 3.05) is 13.1 Å². The van der Waals surface area contributed by atoms with Crippen molar-refractivity contribution in [3.63, 3.8) is 0 Å². The average Bonchev–Trinajstić information content (AvgIpc) is 3.03. The Labute approximate surface area is 139 Å². The van der Waals surface area contributed by atoms with E-state index in [-0.39, 0.29) is 11.9 Å². The molecule has 1 fully saturated rings. The van der Waals surface area contributed by atoms with E-state index in [0.717, 1.165) is 24.5 Å². The maximum Gasteiger partial charge on any atom is 0.270 e. The number of nitrogens with one attached hydrogen (secondary N) is 1. The molecule has 2 aromatic heterocycles. The molecule has 7 heteroatoms. The van der Waals surface area contributed by atoms with Crippen molar-refractivity contribution >= 4 is 17.2 Å². The van der Waals surface area contributed by atoms with Gasteiger partial charge in [-0.2, -0.15) is 0 Å². The van der Waals surface area contributed by atoms with Gasteiger partial charge in [-0.15, -0.1) is 11.3 Å².